The van der Waals surface area contributed by atoms with E-state index in [0.717, 1.165) is 31.5 Å². The summed E-state index contributed by atoms with van der Waals surface area (Å²) in [7, 11) is 0. The number of fused-ring (bicyclic) bond motifs is 1. The number of piperidine rings is 1. The lowest BCUT2D eigenvalue weighted by molar-refractivity contribution is 0.0964. The Morgan fingerprint density at radius 3 is 2.93 bits per heavy atom. The molecule has 146 valence electrons. The summed E-state index contributed by atoms with van der Waals surface area (Å²) < 4.78 is 1.64. The molecule has 3 N–H and O–H groups in total. The number of rotatable bonds is 4. The maximum Gasteiger partial charge on any atom is 0.263 e. The molecule has 1 saturated heterocycles. The Labute approximate surface area is 163 Å². The molecule has 2 aliphatic heterocycles. The number of carbonyl (C=O) groups is 2. The maximum absolute atomic E-state index is 13.0. The zero-order valence-corrected chi connectivity index (χ0v) is 15.9. The highest BCUT2D eigenvalue weighted by atomic mass is 16.2. The smallest absolute Gasteiger partial charge is 0.263 e. The van der Waals surface area contributed by atoms with E-state index in [2.05, 4.69) is 16.0 Å². The largest absolute Gasteiger partial charge is 0.348 e. The number of hydrogen-bond donors (Lipinski definition) is 3. The van der Waals surface area contributed by atoms with Gasteiger partial charge in [-0.1, -0.05) is 0 Å². The van der Waals surface area contributed by atoms with Crippen molar-refractivity contribution in [2.75, 3.05) is 18.4 Å². The molecule has 0 bridgehead atoms. The van der Waals surface area contributed by atoms with Crippen molar-refractivity contribution in [3.8, 4) is 0 Å². The molecule has 1 atom stereocenters. The van der Waals surface area contributed by atoms with Crippen LogP contribution >= 0.6 is 0 Å². The summed E-state index contributed by atoms with van der Waals surface area (Å²) in [6, 6.07) is 6.97. The topological polar surface area (TPSA) is 92.2 Å². The van der Waals surface area contributed by atoms with Gasteiger partial charge in [-0.2, -0.15) is 0 Å². The fraction of sp³-hybridized carbons (Fsp3) is 0.381. The molecule has 0 radical (unpaired) electrons. The van der Waals surface area contributed by atoms with E-state index < -0.39 is 5.91 Å². The lowest BCUT2D eigenvalue weighted by Gasteiger charge is -2.23. The van der Waals surface area contributed by atoms with Crippen molar-refractivity contribution >= 4 is 17.5 Å². The van der Waals surface area contributed by atoms with Crippen molar-refractivity contribution in [3.63, 3.8) is 0 Å². The summed E-state index contributed by atoms with van der Waals surface area (Å²) in [6.45, 7) is 4.75. The monoisotopic (exact) mass is 380 g/mol. The van der Waals surface area contributed by atoms with E-state index in [4.69, 9.17) is 0 Å². The van der Waals surface area contributed by atoms with Gasteiger partial charge in [-0.15, -0.1) is 0 Å². The third-order valence-corrected chi connectivity index (χ3v) is 5.50. The first-order valence-electron chi connectivity index (χ1n) is 9.66. The Morgan fingerprint density at radius 2 is 2.14 bits per heavy atom. The van der Waals surface area contributed by atoms with Gasteiger partial charge in [0.15, 0.2) is 0 Å². The number of nitrogens with one attached hydrogen (secondary N) is 3. The molecule has 4 rings (SSSR count). The molecule has 0 aliphatic carbocycles. The van der Waals surface area contributed by atoms with E-state index in [9.17, 15) is 14.4 Å². The van der Waals surface area contributed by atoms with Crippen LogP contribution < -0.4 is 21.5 Å². The summed E-state index contributed by atoms with van der Waals surface area (Å²) in [6.07, 6.45) is 3.96. The minimum absolute atomic E-state index is 0.105. The maximum atomic E-state index is 13.0. The second-order valence-electron chi connectivity index (χ2n) is 7.55. The quantitative estimate of drug-likeness (QED) is 0.752. The summed E-state index contributed by atoms with van der Waals surface area (Å²) in [5.74, 6) is -0.130. The summed E-state index contributed by atoms with van der Waals surface area (Å²) in [5, 5.41) is 8.92. The van der Waals surface area contributed by atoms with Gasteiger partial charge in [0.25, 0.3) is 17.4 Å². The minimum atomic E-state index is -0.421. The normalized spacial score (nSPS) is 18.5. The highest BCUT2D eigenvalue weighted by Crippen LogP contribution is 2.21. The Hall–Kier alpha value is -2.93. The van der Waals surface area contributed by atoms with Gasteiger partial charge >= 0.3 is 0 Å². The van der Waals surface area contributed by atoms with Crippen molar-refractivity contribution in [3.05, 3.63) is 63.1 Å². The van der Waals surface area contributed by atoms with Crippen LogP contribution in [0.25, 0.3) is 0 Å². The van der Waals surface area contributed by atoms with Gasteiger partial charge in [-0.05, 0) is 74.2 Å². The van der Waals surface area contributed by atoms with E-state index >= 15 is 0 Å². The molecule has 0 spiro atoms. The molecular weight excluding hydrogens is 356 g/mol. The van der Waals surface area contributed by atoms with Crippen molar-refractivity contribution in [1.82, 2.24) is 15.2 Å². The van der Waals surface area contributed by atoms with Crippen LogP contribution in [0.5, 0.6) is 0 Å². The molecule has 0 saturated carbocycles. The molecule has 2 aliphatic rings. The number of aryl methyl sites for hydroxylation is 1. The van der Waals surface area contributed by atoms with Gasteiger partial charge in [-0.25, -0.2) is 0 Å². The van der Waals surface area contributed by atoms with Crippen LogP contribution in [0, 0.1) is 12.8 Å². The lowest BCUT2D eigenvalue weighted by atomic mass is 9.99. The predicted molar refractivity (Wildman–Crippen MR) is 107 cm³/mol. The van der Waals surface area contributed by atoms with Crippen LogP contribution in [-0.4, -0.2) is 29.5 Å². The van der Waals surface area contributed by atoms with Gasteiger partial charge in [0, 0.05) is 30.5 Å². The van der Waals surface area contributed by atoms with Crippen LogP contribution in [0.4, 0.5) is 5.69 Å². The van der Waals surface area contributed by atoms with Crippen LogP contribution in [0.2, 0.25) is 0 Å². The fourth-order valence-electron chi connectivity index (χ4n) is 3.95. The van der Waals surface area contributed by atoms with Crippen LogP contribution in [0.3, 0.4) is 0 Å². The highest BCUT2D eigenvalue weighted by molar-refractivity contribution is 6.05. The van der Waals surface area contributed by atoms with Gasteiger partial charge in [0.2, 0.25) is 0 Å². The first-order valence-corrected chi connectivity index (χ1v) is 9.66. The number of pyridine rings is 1. The average Bonchev–Trinajstić information content (AvgIpc) is 3.05. The second-order valence-corrected chi connectivity index (χ2v) is 7.55. The molecular formula is C21H24N4O3. The molecule has 1 aromatic heterocycles. The third-order valence-electron chi connectivity index (χ3n) is 5.50. The van der Waals surface area contributed by atoms with E-state index in [1.165, 1.54) is 0 Å². The van der Waals surface area contributed by atoms with E-state index in [-0.39, 0.29) is 17.0 Å². The van der Waals surface area contributed by atoms with Gasteiger partial charge in [0.05, 0.1) is 0 Å². The fourth-order valence-corrected chi connectivity index (χ4v) is 3.95. The molecule has 7 heteroatoms. The summed E-state index contributed by atoms with van der Waals surface area (Å²) in [4.78, 5) is 37.5. The Morgan fingerprint density at radius 1 is 1.29 bits per heavy atom. The first kappa shape index (κ1) is 18.4. The zero-order chi connectivity index (χ0) is 19.7. The van der Waals surface area contributed by atoms with Crippen molar-refractivity contribution in [2.24, 2.45) is 5.92 Å². The number of carbonyl (C=O) groups excluding carboxylic acids is 2. The Kier molecular flexibility index (Phi) is 5.00. The zero-order valence-electron chi connectivity index (χ0n) is 15.9. The number of nitrogens with zero attached hydrogens (tertiary/aromatic N) is 1. The number of aromatic nitrogens is 1. The van der Waals surface area contributed by atoms with E-state index in [1.54, 1.807) is 35.9 Å². The average molecular weight is 380 g/mol. The summed E-state index contributed by atoms with van der Waals surface area (Å²) >= 11 is 0. The first-order chi connectivity index (χ1) is 13.5. The second kappa shape index (κ2) is 7.59. The van der Waals surface area contributed by atoms with Gasteiger partial charge in [-0.3, -0.25) is 14.4 Å². The van der Waals surface area contributed by atoms with Crippen molar-refractivity contribution < 1.29 is 9.59 Å². The van der Waals surface area contributed by atoms with E-state index in [0.29, 0.717) is 35.8 Å². The summed E-state index contributed by atoms with van der Waals surface area (Å²) in [5.41, 5.74) is 2.60. The lowest BCUT2D eigenvalue weighted by Crippen LogP contribution is -2.36. The molecule has 1 aromatic carbocycles. The number of hydrogen-bond acceptors (Lipinski definition) is 4. The standard InChI is InChI=1S/C21H24N4O3/c1-13-6-8-25(12-14-3-2-7-22-10-14)21(28)18(13)20(27)24-16-4-5-17-15(9-16)11-23-19(17)26/h4-6,8-9,14,22H,2-3,7,10-12H2,1H3,(H,23,26)(H,24,27). The molecule has 1 fully saturated rings. The molecule has 2 amide bonds. The number of amides is 2. The van der Waals surface area contributed by atoms with Gasteiger partial charge < -0.3 is 20.5 Å². The molecule has 1 unspecified atom stereocenters. The minimum Gasteiger partial charge on any atom is -0.348 e. The van der Waals surface area contributed by atoms with Crippen molar-refractivity contribution in [2.45, 2.75) is 32.9 Å². The molecule has 7 nitrogen and oxygen atoms in total. The molecule has 3 heterocycles. The molecule has 2 aromatic rings. The highest BCUT2D eigenvalue weighted by Gasteiger charge is 2.21. The number of benzene rings is 1. The number of anilines is 1. The Bertz CT molecular complexity index is 990. The van der Waals surface area contributed by atoms with Gasteiger partial charge in [0.1, 0.15) is 5.56 Å². The van der Waals surface area contributed by atoms with Crippen LogP contribution in [0.1, 0.15) is 44.7 Å². The van der Waals surface area contributed by atoms with Crippen LogP contribution in [-0.2, 0) is 13.1 Å². The SMILES string of the molecule is Cc1ccn(CC2CCCNC2)c(=O)c1C(=O)Nc1ccc2c(c1)CNC2=O. The van der Waals surface area contributed by atoms with Crippen LogP contribution in [0.15, 0.2) is 35.3 Å². The predicted octanol–water partition coefficient (Wildman–Crippen LogP) is 1.65. The van der Waals surface area contributed by atoms with Crippen molar-refractivity contribution in [1.29, 1.82) is 0 Å². The third kappa shape index (κ3) is 3.57. The Balaban J connectivity index is 1.56. The van der Waals surface area contributed by atoms with E-state index in [1.807, 2.05) is 6.07 Å². The molecule has 28 heavy (non-hydrogen) atoms.